The van der Waals surface area contributed by atoms with Crippen molar-refractivity contribution in [2.45, 2.75) is 36.9 Å². The second kappa shape index (κ2) is 2.71. The van der Waals surface area contributed by atoms with Gasteiger partial charge in [0.15, 0.2) is 0 Å². The van der Waals surface area contributed by atoms with Gasteiger partial charge in [-0.3, -0.25) is 0 Å². The molecule has 0 nitrogen and oxygen atoms in total. The fourth-order valence-corrected chi connectivity index (χ4v) is 1.49. The molecule has 0 aromatic carbocycles. The third-order valence-corrected chi connectivity index (χ3v) is 2.19. The van der Waals surface area contributed by atoms with Crippen LogP contribution < -0.4 is 0 Å². The highest BCUT2D eigenvalue weighted by atomic mass is 79.9. The van der Waals surface area contributed by atoms with Gasteiger partial charge >= 0.3 is 0 Å². The molecule has 2 unspecified atom stereocenters. The average Bonchev–Trinajstić information content (AvgIpc) is 1.77. The molecule has 0 radical (unpaired) electrons. The molecule has 0 spiro atoms. The van der Waals surface area contributed by atoms with Crippen LogP contribution in [0.25, 0.3) is 0 Å². The molecule has 1 aliphatic carbocycles. The molecule has 0 bridgehead atoms. The van der Waals surface area contributed by atoms with E-state index in [-0.39, 0.29) is 6.40 Å². The van der Waals surface area contributed by atoms with Gasteiger partial charge in [0, 0.05) is 6.20 Å². The maximum atomic E-state index is 7.43. The first-order valence-electron chi connectivity index (χ1n) is 3.45. The lowest BCUT2D eigenvalue weighted by Gasteiger charge is -2.13. The van der Waals surface area contributed by atoms with Crippen LogP contribution in [0.3, 0.4) is 0 Å². The molecular formula is C6H11Br. The Kier molecular flexibility index (Phi) is 1.69. The number of hydrogen-bond donors (Lipinski definition) is 0. The van der Waals surface area contributed by atoms with E-state index in [1.165, 1.54) is 19.3 Å². The molecule has 1 rings (SSSR count). The van der Waals surface area contributed by atoms with Gasteiger partial charge in [0.25, 0.3) is 0 Å². The molecular weight excluding hydrogens is 152 g/mol. The van der Waals surface area contributed by atoms with E-state index in [4.69, 9.17) is 1.37 Å². The van der Waals surface area contributed by atoms with Gasteiger partial charge in [-0.15, -0.1) is 0 Å². The fourth-order valence-electron chi connectivity index (χ4n) is 0.900. The molecule has 1 heteroatoms. The first-order valence-corrected chi connectivity index (χ1v) is 3.78. The summed E-state index contributed by atoms with van der Waals surface area (Å²) in [4.78, 5) is 0.483. The summed E-state index contributed by atoms with van der Waals surface area (Å²) in [5.41, 5.74) is 0. The van der Waals surface area contributed by atoms with Crippen LogP contribution in [0.5, 0.6) is 0 Å². The smallest absolute Gasteiger partial charge is 0.0278 e. The molecule has 0 aromatic rings. The standard InChI is InChI=1S/C6H11Br/c7-6-4-2-1-3-5-6/h6H,1-5H2/i4D. The van der Waals surface area contributed by atoms with Crippen molar-refractivity contribution in [3.63, 3.8) is 0 Å². The summed E-state index contributed by atoms with van der Waals surface area (Å²) in [6, 6.07) is 0. The Hall–Kier alpha value is 0.480. The minimum Gasteiger partial charge on any atom is -0.0891 e. The molecule has 0 saturated heterocycles. The van der Waals surface area contributed by atoms with Crippen LogP contribution in [-0.4, -0.2) is 4.83 Å². The summed E-state index contributed by atoms with van der Waals surface area (Å²) in [5.74, 6) is 0. The zero-order chi connectivity index (χ0) is 5.98. The molecule has 0 N–H and O–H groups in total. The van der Waals surface area contributed by atoms with Gasteiger partial charge in [0.1, 0.15) is 0 Å². The zero-order valence-electron chi connectivity index (χ0n) is 5.36. The monoisotopic (exact) mass is 163 g/mol. The van der Waals surface area contributed by atoms with Crippen LogP contribution >= 0.6 is 15.9 Å². The van der Waals surface area contributed by atoms with Crippen LogP contribution in [-0.2, 0) is 0 Å². The summed E-state index contributed by atoms with van der Waals surface area (Å²) < 4.78 is 7.43. The quantitative estimate of drug-likeness (QED) is 0.483. The lowest BCUT2D eigenvalue weighted by atomic mass is 10.0. The van der Waals surface area contributed by atoms with E-state index in [0.29, 0.717) is 4.83 Å². The highest BCUT2D eigenvalue weighted by molar-refractivity contribution is 9.09. The highest BCUT2D eigenvalue weighted by Gasteiger charge is 2.07. The first kappa shape index (κ1) is 4.37. The van der Waals surface area contributed by atoms with Gasteiger partial charge in [0.05, 0.1) is 0 Å². The molecule has 0 aliphatic heterocycles. The highest BCUT2D eigenvalue weighted by Crippen LogP contribution is 2.22. The van der Waals surface area contributed by atoms with E-state index in [2.05, 4.69) is 15.9 Å². The fraction of sp³-hybridized carbons (Fsp3) is 1.00. The van der Waals surface area contributed by atoms with E-state index in [0.717, 1.165) is 6.42 Å². The molecule has 0 heterocycles. The van der Waals surface area contributed by atoms with Gasteiger partial charge in [-0.1, -0.05) is 35.2 Å². The lowest BCUT2D eigenvalue weighted by molar-refractivity contribution is 0.521. The Morgan fingerprint density at radius 3 is 2.71 bits per heavy atom. The Morgan fingerprint density at radius 2 is 2.29 bits per heavy atom. The second-order valence-electron chi connectivity index (χ2n) is 2.04. The van der Waals surface area contributed by atoms with Crippen molar-refractivity contribution in [1.29, 1.82) is 0 Å². The largest absolute Gasteiger partial charge is 0.0891 e. The maximum absolute atomic E-state index is 7.43. The van der Waals surface area contributed by atoms with Crippen molar-refractivity contribution in [2.75, 3.05) is 0 Å². The number of hydrogen-bond acceptors (Lipinski definition) is 0. The van der Waals surface area contributed by atoms with Crippen molar-refractivity contribution < 1.29 is 1.37 Å². The van der Waals surface area contributed by atoms with Crippen molar-refractivity contribution >= 4 is 15.9 Å². The summed E-state index contributed by atoms with van der Waals surface area (Å²) in [7, 11) is 0. The Labute approximate surface area is 54.8 Å². The molecule has 7 heavy (non-hydrogen) atoms. The summed E-state index contributed by atoms with van der Waals surface area (Å²) >= 11 is 3.47. The molecule has 42 valence electrons. The van der Waals surface area contributed by atoms with Crippen LogP contribution in [0, 0.1) is 0 Å². The van der Waals surface area contributed by atoms with Crippen molar-refractivity contribution in [3.8, 4) is 0 Å². The van der Waals surface area contributed by atoms with Crippen molar-refractivity contribution in [3.05, 3.63) is 0 Å². The van der Waals surface area contributed by atoms with Gasteiger partial charge in [-0.25, -0.2) is 0 Å². The third kappa shape index (κ3) is 1.81. The van der Waals surface area contributed by atoms with E-state index < -0.39 is 0 Å². The minimum atomic E-state index is 0.170. The predicted octanol–water partition coefficient (Wildman–Crippen LogP) is 2.71. The van der Waals surface area contributed by atoms with Crippen LogP contribution in [0.1, 0.15) is 33.5 Å². The van der Waals surface area contributed by atoms with Crippen LogP contribution in [0.4, 0.5) is 0 Å². The van der Waals surface area contributed by atoms with E-state index in [1.54, 1.807) is 0 Å². The molecule has 0 aromatic heterocycles. The predicted molar refractivity (Wildman–Crippen MR) is 35.8 cm³/mol. The molecule has 0 amide bonds. The first-order chi connectivity index (χ1) is 3.80. The van der Waals surface area contributed by atoms with E-state index >= 15 is 0 Å². The van der Waals surface area contributed by atoms with Gasteiger partial charge in [-0.2, -0.15) is 0 Å². The maximum Gasteiger partial charge on any atom is 0.0278 e. The SMILES string of the molecule is [2H]C1CCCCC1Br. The minimum absolute atomic E-state index is 0.170. The average molecular weight is 164 g/mol. The van der Waals surface area contributed by atoms with Crippen molar-refractivity contribution in [2.24, 2.45) is 0 Å². The molecule has 2 atom stereocenters. The number of alkyl halides is 1. The summed E-state index contributed by atoms with van der Waals surface area (Å²) in [6.07, 6.45) is 5.04. The third-order valence-electron chi connectivity index (χ3n) is 1.36. The normalized spacial score (nSPS) is 45.6. The van der Waals surface area contributed by atoms with Crippen LogP contribution in [0.15, 0.2) is 0 Å². The number of rotatable bonds is 0. The van der Waals surface area contributed by atoms with E-state index in [1.807, 2.05) is 0 Å². The Morgan fingerprint density at radius 1 is 1.43 bits per heavy atom. The van der Waals surface area contributed by atoms with Gasteiger partial charge in [-0.05, 0) is 12.8 Å². The van der Waals surface area contributed by atoms with Crippen molar-refractivity contribution in [1.82, 2.24) is 0 Å². The van der Waals surface area contributed by atoms with Gasteiger partial charge in [0.2, 0.25) is 0 Å². The Bertz CT molecular complexity index is 64.9. The summed E-state index contributed by atoms with van der Waals surface area (Å²) in [5, 5.41) is 0. The molecule has 1 saturated carbocycles. The topological polar surface area (TPSA) is 0 Å². The van der Waals surface area contributed by atoms with Crippen LogP contribution in [0.2, 0.25) is 0 Å². The molecule has 1 fully saturated rings. The zero-order valence-corrected chi connectivity index (χ0v) is 5.95. The Balaban J connectivity index is 2.28. The van der Waals surface area contributed by atoms with E-state index in [9.17, 15) is 0 Å². The van der Waals surface area contributed by atoms with Gasteiger partial charge < -0.3 is 0 Å². The summed E-state index contributed by atoms with van der Waals surface area (Å²) in [6.45, 7) is 0. The second-order valence-corrected chi connectivity index (χ2v) is 3.21. The molecule has 1 aliphatic rings. The number of halogens is 1. The lowest BCUT2D eigenvalue weighted by Crippen LogP contribution is -2.02.